The van der Waals surface area contributed by atoms with E-state index in [-0.39, 0.29) is 28.3 Å². The predicted molar refractivity (Wildman–Crippen MR) is 90.3 cm³/mol. The summed E-state index contributed by atoms with van der Waals surface area (Å²) in [5.74, 6) is -0.847. The van der Waals surface area contributed by atoms with E-state index in [1.807, 2.05) is 0 Å². The van der Waals surface area contributed by atoms with Crippen molar-refractivity contribution in [3.05, 3.63) is 51.6 Å². The summed E-state index contributed by atoms with van der Waals surface area (Å²) in [5.41, 5.74) is -0.617. The number of ether oxygens (including phenoxy) is 3. The van der Waals surface area contributed by atoms with Crippen LogP contribution in [0.15, 0.2) is 30.3 Å². The highest BCUT2D eigenvalue weighted by atomic mass is 16.6. The number of nitro benzene ring substituents is 1. The Labute approximate surface area is 147 Å². The van der Waals surface area contributed by atoms with Crippen molar-refractivity contribution in [3.63, 3.8) is 0 Å². The number of benzene rings is 2. The molecule has 26 heavy (non-hydrogen) atoms. The summed E-state index contributed by atoms with van der Waals surface area (Å²) in [4.78, 5) is 36.9. The van der Waals surface area contributed by atoms with Gasteiger partial charge in [-0.15, -0.1) is 0 Å². The van der Waals surface area contributed by atoms with Gasteiger partial charge in [0, 0.05) is 6.07 Å². The lowest BCUT2D eigenvalue weighted by molar-refractivity contribution is -0.385. The minimum absolute atomic E-state index is 0.0407. The van der Waals surface area contributed by atoms with E-state index in [9.17, 15) is 19.7 Å². The quantitative estimate of drug-likeness (QED) is 0.459. The van der Waals surface area contributed by atoms with Crippen LogP contribution in [-0.2, 0) is 0 Å². The van der Waals surface area contributed by atoms with Crippen molar-refractivity contribution in [3.8, 4) is 17.2 Å². The zero-order valence-corrected chi connectivity index (χ0v) is 14.1. The number of fused-ring (bicyclic) bond motifs is 1. The van der Waals surface area contributed by atoms with Crippen LogP contribution in [0.4, 0.5) is 11.4 Å². The molecule has 0 unspecified atom stereocenters. The van der Waals surface area contributed by atoms with Gasteiger partial charge in [0.05, 0.1) is 37.5 Å². The number of anilines is 1. The van der Waals surface area contributed by atoms with Gasteiger partial charge in [-0.05, 0) is 18.2 Å². The van der Waals surface area contributed by atoms with Crippen LogP contribution >= 0.6 is 0 Å². The number of rotatable bonds is 5. The molecule has 0 radical (unpaired) electrons. The molecule has 3 rings (SSSR count). The highest BCUT2D eigenvalue weighted by Crippen LogP contribution is 2.46. The molecule has 0 fully saturated rings. The van der Waals surface area contributed by atoms with Crippen molar-refractivity contribution in [2.24, 2.45) is 0 Å². The van der Waals surface area contributed by atoms with E-state index in [1.54, 1.807) is 0 Å². The Morgan fingerprint density at radius 1 is 0.923 bits per heavy atom. The first-order chi connectivity index (χ1) is 12.5. The summed E-state index contributed by atoms with van der Waals surface area (Å²) in [6, 6.07) is 6.87. The maximum Gasteiger partial charge on any atom is 0.283 e. The van der Waals surface area contributed by atoms with Crippen LogP contribution < -0.4 is 19.1 Å². The Morgan fingerprint density at radius 2 is 1.62 bits per heavy atom. The van der Waals surface area contributed by atoms with E-state index in [1.165, 1.54) is 51.7 Å². The molecule has 2 aromatic rings. The number of amides is 2. The molecule has 0 bridgehead atoms. The molecule has 0 spiro atoms. The third kappa shape index (κ3) is 2.32. The van der Waals surface area contributed by atoms with Gasteiger partial charge in [-0.3, -0.25) is 19.7 Å². The van der Waals surface area contributed by atoms with E-state index in [4.69, 9.17) is 14.2 Å². The summed E-state index contributed by atoms with van der Waals surface area (Å²) in [6.45, 7) is 0. The number of carbonyl (C=O) groups excluding carboxylic acids is 2. The first-order valence-electron chi connectivity index (χ1n) is 7.41. The largest absolute Gasteiger partial charge is 0.493 e. The normalized spacial score (nSPS) is 12.8. The van der Waals surface area contributed by atoms with Gasteiger partial charge in [-0.1, -0.05) is 6.07 Å². The van der Waals surface area contributed by atoms with E-state index >= 15 is 0 Å². The van der Waals surface area contributed by atoms with Crippen LogP contribution in [0.1, 0.15) is 20.7 Å². The molecule has 0 atom stereocenters. The van der Waals surface area contributed by atoms with Crippen molar-refractivity contribution in [2.75, 3.05) is 26.2 Å². The number of carbonyl (C=O) groups is 2. The molecule has 0 aliphatic carbocycles. The Bertz CT molecular complexity index is 939. The maximum absolute atomic E-state index is 12.8. The number of hydrogen-bond donors (Lipinski definition) is 0. The van der Waals surface area contributed by atoms with Crippen molar-refractivity contribution >= 4 is 23.2 Å². The lowest BCUT2D eigenvalue weighted by Crippen LogP contribution is -2.30. The lowest BCUT2D eigenvalue weighted by Gasteiger charge is -2.20. The summed E-state index contributed by atoms with van der Waals surface area (Å²) >= 11 is 0. The second kappa shape index (κ2) is 6.36. The molecule has 9 nitrogen and oxygen atoms in total. The third-order valence-corrected chi connectivity index (χ3v) is 4.01. The monoisotopic (exact) mass is 358 g/mol. The van der Waals surface area contributed by atoms with Gasteiger partial charge in [0.25, 0.3) is 17.5 Å². The van der Waals surface area contributed by atoms with Crippen LogP contribution in [0, 0.1) is 10.1 Å². The molecule has 2 amide bonds. The molecule has 134 valence electrons. The standard InChI is InChI=1S/C17H14N2O7/c1-24-12-8-7-11(14(25-2)15(12)26-3)18-16(20)9-5-4-6-10(19(22)23)13(9)17(18)21/h4-8H,1-3H3. The first-order valence-corrected chi connectivity index (χ1v) is 7.41. The molecular formula is C17H14N2O7. The third-order valence-electron chi connectivity index (χ3n) is 4.01. The average Bonchev–Trinajstić information content (AvgIpc) is 2.90. The fourth-order valence-corrected chi connectivity index (χ4v) is 2.90. The van der Waals surface area contributed by atoms with E-state index < -0.39 is 22.4 Å². The van der Waals surface area contributed by atoms with Gasteiger partial charge in [0.1, 0.15) is 5.56 Å². The molecule has 2 aromatic carbocycles. The van der Waals surface area contributed by atoms with Crippen molar-refractivity contribution in [1.82, 2.24) is 0 Å². The molecule has 0 saturated carbocycles. The molecular weight excluding hydrogens is 344 g/mol. The topological polar surface area (TPSA) is 108 Å². The Hall–Kier alpha value is -3.62. The fourth-order valence-electron chi connectivity index (χ4n) is 2.90. The number of hydrogen-bond acceptors (Lipinski definition) is 7. The van der Waals surface area contributed by atoms with Crippen LogP contribution in [0.5, 0.6) is 17.2 Å². The Balaban J connectivity index is 2.21. The second-order valence-electron chi connectivity index (χ2n) is 5.26. The Morgan fingerprint density at radius 3 is 2.19 bits per heavy atom. The van der Waals surface area contributed by atoms with Crippen LogP contribution in [0.2, 0.25) is 0 Å². The second-order valence-corrected chi connectivity index (χ2v) is 5.26. The highest BCUT2D eigenvalue weighted by Gasteiger charge is 2.43. The number of nitrogens with zero attached hydrogens (tertiary/aromatic N) is 2. The molecule has 1 aliphatic rings. The highest BCUT2D eigenvalue weighted by molar-refractivity contribution is 6.36. The lowest BCUT2D eigenvalue weighted by atomic mass is 10.1. The fraction of sp³-hybridized carbons (Fsp3) is 0.176. The SMILES string of the molecule is COc1ccc(N2C(=O)c3cccc([N+](=O)[O-])c3C2=O)c(OC)c1OC. The first kappa shape index (κ1) is 17.2. The summed E-state index contributed by atoms with van der Waals surface area (Å²) in [5, 5.41) is 11.2. The Kier molecular flexibility index (Phi) is 4.21. The smallest absolute Gasteiger partial charge is 0.283 e. The van der Waals surface area contributed by atoms with Gasteiger partial charge in [-0.2, -0.15) is 0 Å². The molecule has 0 saturated heterocycles. The minimum Gasteiger partial charge on any atom is -0.493 e. The summed E-state index contributed by atoms with van der Waals surface area (Å²) in [7, 11) is 4.17. The van der Waals surface area contributed by atoms with Crippen molar-refractivity contribution in [1.29, 1.82) is 0 Å². The van der Waals surface area contributed by atoms with Crippen LogP contribution in [0.25, 0.3) is 0 Å². The van der Waals surface area contributed by atoms with Gasteiger partial charge < -0.3 is 14.2 Å². The maximum atomic E-state index is 12.8. The molecule has 0 aromatic heterocycles. The average molecular weight is 358 g/mol. The zero-order valence-electron chi connectivity index (χ0n) is 14.1. The summed E-state index contributed by atoms with van der Waals surface area (Å²) < 4.78 is 15.8. The number of nitro groups is 1. The summed E-state index contributed by atoms with van der Waals surface area (Å²) in [6.07, 6.45) is 0. The van der Waals surface area contributed by atoms with E-state index in [0.29, 0.717) is 5.75 Å². The van der Waals surface area contributed by atoms with Gasteiger partial charge in [0.2, 0.25) is 5.75 Å². The minimum atomic E-state index is -0.803. The predicted octanol–water partition coefficient (Wildman–Crippen LogP) is 2.42. The van der Waals surface area contributed by atoms with Crippen molar-refractivity contribution < 1.29 is 28.7 Å². The molecule has 1 heterocycles. The zero-order chi connectivity index (χ0) is 19.0. The van der Waals surface area contributed by atoms with Gasteiger partial charge in [-0.25, -0.2) is 4.90 Å². The van der Waals surface area contributed by atoms with Gasteiger partial charge in [0.15, 0.2) is 11.5 Å². The molecule has 9 heteroatoms. The molecule has 1 aliphatic heterocycles. The van der Waals surface area contributed by atoms with Crippen molar-refractivity contribution in [2.45, 2.75) is 0 Å². The van der Waals surface area contributed by atoms with E-state index in [0.717, 1.165) is 4.90 Å². The van der Waals surface area contributed by atoms with Crippen LogP contribution in [0.3, 0.4) is 0 Å². The van der Waals surface area contributed by atoms with E-state index in [2.05, 4.69) is 0 Å². The van der Waals surface area contributed by atoms with Gasteiger partial charge >= 0.3 is 0 Å². The number of imide groups is 1. The molecule has 0 N–H and O–H groups in total. The van der Waals surface area contributed by atoms with Crippen LogP contribution in [-0.4, -0.2) is 38.1 Å². The number of methoxy groups -OCH3 is 3.